The first-order chi connectivity index (χ1) is 19.0. The zero-order valence-corrected chi connectivity index (χ0v) is 23.6. The third-order valence-electron chi connectivity index (χ3n) is 6.95. The summed E-state index contributed by atoms with van der Waals surface area (Å²) in [6.07, 6.45) is 5.91. The maximum Gasteiger partial charge on any atom is 0.238 e. The van der Waals surface area contributed by atoms with Gasteiger partial charge in [-0.15, -0.1) is 0 Å². The number of aryl methyl sites for hydroxylation is 1. The summed E-state index contributed by atoms with van der Waals surface area (Å²) in [7, 11) is 1.85. The van der Waals surface area contributed by atoms with Crippen LogP contribution in [-0.4, -0.2) is 64.9 Å². The van der Waals surface area contributed by atoms with Gasteiger partial charge >= 0.3 is 0 Å². The Hall–Kier alpha value is -3.96. The Balaban J connectivity index is 1.42. The molecule has 3 aromatic heterocycles. The summed E-state index contributed by atoms with van der Waals surface area (Å²) >= 11 is 0. The molecule has 1 aliphatic heterocycles. The van der Waals surface area contributed by atoms with Gasteiger partial charge in [0.2, 0.25) is 23.4 Å². The van der Waals surface area contributed by atoms with Gasteiger partial charge < -0.3 is 14.9 Å². The highest BCUT2D eigenvalue weighted by Gasteiger charge is 2.29. The molecule has 11 heteroatoms. The number of aliphatic hydroxyl groups excluding tert-OH is 1. The molecule has 1 aliphatic rings. The molecule has 2 atom stereocenters. The Labute approximate surface area is 233 Å². The minimum Gasteiger partial charge on any atom is -0.392 e. The molecular weight excluding hydrogens is 508 g/mol. The molecule has 0 fully saturated rings. The number of hydrogen-bond acceptors (Lipinski definition) is 10. The Morgan fingerprint density at radius 2 is 2.08 bits per heavy atom. The molecule has 0 aliphatic carbocycles. The van der Waals surface area contributed by atoms with Crippen LogP contribution < -0.4 is 5.32 Å². The predicted octanol–water partition coefficient (Wildman–Crippen LogP) is 4.24. The van der Waals surface area contributed by atoms with E-state index in [-0.39, 0.29) is 29.4 Å². The van der Waals surface area contributed by atoms with Gasteiger partial charge in [0.25, 0.3) is 0 Å². The summed E-state index contributed by atoms with van der Waals surface area (Å²) in [5.74, 6) is 0.912. The quantitative estimate of drug-likeness (QED) is 0.310. The zero-order valence-electron chi connectivity index (χ0n) is 23.6. The number of carbonyl (C=O) groups excluding carboxylic acids is 1. The van der Waals surface area contributed by atoms with Crippen LogP contribution in [0.25, 0.3) is 11.3 Å². The third-order valence-corrected chi connectivity index (χ3v) is 6.95. The topological polar surface area (TPSA) is 135 Å². The molecule has 0 saturated heterocycles. The molecule has 4 aromatic rings. The SMILES string of the molecule is C[C@@H](O)CN1CCC(CC(=O)c2noc(C(C)(C)C)n2)c2ccc(-c3ccnc(Nc4cnn(C)c4)n3)cc2C1. The highest BCUT2D eigenvalue weighted by atomic mass is 16.5. The van der Waals surface area contributed by atoms with Gasteiger partial charge in [-0.3, -0.25) is 14.4 Å². The van der Waals surface area contributed by atoms with Crippen LogP contribution in [0.5, 0.6) is 0 Å². The summed E-state index contributed by atoms with van der Waals surface area (Å²) in [6.45, 7) is 9.70. The van der Waals surface area contributed by atoms with Gasteiger partial charge in [-0.2, -0.15) is 10.1 Å². The van der Waals surface area contributed by atoms with Gasteiger partial charge in [-0.05, 0) is 49.1 Å². The maximum atomic E-state index is 13.2. The highest BCUT2D eigenvalue weighted by Crippen LogP contribution is 2.35. The molecule has 1 aromatic carbocycles. The van der Waals surface area contributed by atoms with Crippen LogP contribution in [0.3, 0.4) is 0 Å². The van der Waals surface area contributed by atoms with Gasteiger partial charge in [-0.1, -0.05) is 38.1 Å². The highest BCUT2D eigenvalue weighted by molar-refractivity contribution is 5.93. The lowest BCUT2D eigenvalue weighted by Crippen LogP contribution is -2.30. The van der Waals surface area contributed by atoms with E-state index in [0.717, 1.165) is 41.0 Å². The van der Waals surface area contributed by atoms with E-state index in [1.54, 1.807) is 24.0 Å². The fraction of sp³-hybridized carbons (Fsp3) is 0.448. The van der Waals surface area contributed by atoms with E-state index >= 15 is 0 Å². The molecule has 0 saturated carbocycles. The van der Waals surface area contributed by atoms with Crippen molar-refractivity contribution in [3.05, 3.63) is 65.7 Å². The fourth-order valence-electron chi connectivity index (χ4n) is 5.01. The van der Waals surface area contributed by atoms with E-state index in [9.17, 15) is 9.90 Å². The number of rotatable bonds is 8. The molecule has 40 heavy (non-hydrogen) atoms. The van der Waals surface area contributed by atoms with Crippen LogP contribution in [0.15, 0.2) is 47.4 Å². The number of anilines is 2. The van der Waals surface area contributed by atoms with E-state index in [1.807, 2.05) is 46.1 Å². The summed E-state index contributed by atoms with van der Waals surface area (Å²) in [5.41, 5.74) is 4.44. The van der Waals surface area contributed by atoms with Crippen LogP contribution in [-0.2, 0) is 19.0 Å². The van der Waals surface area contributed by atoms with Crippen LogP contribution in [0, 0.1) is 0 Å². The number of nitrogens with zero attached hydrogens (tertiary/aromatic N) is 7. The van der Waals surface area contributed by atoms with Crippen molar-refractivity contribution in [3.8, 4) is 11.3 Å². The van der Waals surface area contributed by atoms with E-state index < -0.39 is 6.10 Å². The van der Waals surface area contributed by atoms with Crippen molar-refractivity contribution < 1.29 is 14.4 Å². The lowest BCUT2D eigenvalue weighted by Gasteiger charge is -2.22. The molecule has 210 valence electrons. The normalized spacial score (nSPS) is 16.8. The number of nitrogens with one attached hydrogen (secondary N) is 1. The first-order valence-electron chi connectivity index (χ1n) is 13.5. The third kappa shape index (κ3) is 6.43. The number of ketones is 1. The van der Waals surface area contributed by atoms with E-state index in [2.05, 4.69) is 42.6 Å². The minimum absolute atomic E-state index is 0.0136. The smallest absolute Gasteiger partial charge is 0.238 e. The molecule has 0 bridgehead atoms. The molecule has 0 spiro atoms. The molecule has 0 amide bonds. The van der Waals surface area contributed by atoms with Gasteiger partial charge in [0.05, 0.1) is 23.7 Å². The first kappa shape index (κ1) is 27.6. The average Bonchev–Trinajstić information content (AvgIpc) is 3.52. The molecule has 1 unspecified atom stereocenters. The van der Waals surface area contributed by atoms with E-state index in [4.69, 9.17) is 9.51 Å². The number of fused-ring (bicyclic) bond motifs is 1. The van der Waals surface area contributed by atoms with E-state index in [1.165, 1.54) is 0 Å². The molecular formula is C29H36N8O3. The second-order valence-corrected chi connectivity index (χ2v) is 11.6. The lowest BCUT2D eigenvalue weighted by atomic mass is 9.87. The number of carbonyl (C=O) groups is 1. The molecule has 0 radical (unpaired) electrons. The lowest BCUT2D eigenvalue weighted by molar-refractivity contribution is 0.0953. The van der Waals surface area contributed by atoms with Crippen molar-refractivity contribution in [1.82, 2.24) is 34.8 Å². The largest absolute Gasteiger partial charge is 0.392 e. The van der Waals surface area contributed by atoms with E-state index in [0.29, 0.717) is 24.9 Å². The summed E-state index contributed by atoms with van der Waals surface area (Å²) in [5, 5.41) is 21.4. The first-order valence-corrected chi connectivity index (χ1v) is 13.5. The Kier molecular flexibility index (Phi) is 7.77. The van der Waals surface area contributed by atoms with Crippen molar-refractivity contribution in [1.29, 1.82) is 0 Å². The predicted molar refractivity (Wildman–Crippen MR) is 150 cm³/mol. The van der Waals surface area contributed by atoms with Crippen LogP contribution in [0.4, 0.5) is 11.6 Å². The van der Waals surface area contributed by atoms with Gasteiger partial charge in [-0.25, -0.2) is 9.97 Å². The Morgan fingerprint density at radius 1 is 1.25 bits per heavy atom. The fourth-order valence-corrected chi connectivity index (χ4v) is 5.01. The Morgan fingerprint density at radius 3 is 2.77 bits per heavy atom. The number of benzene rings is 1. The second kappa shape index (κ2) is 11.3. The van der Waals surface area contributed by atoms with Crippen LogP contribution >= 0.6 is 0 Å². The van der Waals surface area contributed by atoms with Crippen molar-refractivity contribution in [2.45, 2.75) is 64.5 Å². The van der Waals surface area contributed by atoms with Crippen molar-refractivity contribution in [3.63, 3.8) is 0 Å². The van der Waals surface area contributed by atoms with Crippen molar-refractivity contribution in [2.75, 3.05) is 18.4 Å². The van der Waals surface area contributed by atoms with Gasteiger partial charge in [0.1, 0.15) is 0 Å². The van der Waals surface area contributed by atoms with Crippen LogP contribution in [0.1, 0.15) is 74.1 Å². The maximum absolute atomic E-state index is 13.2. The zero-order chi connectivity index (χ0) is 28.4. The molecule has 11 nitrogen and oxygen atoms in total. The molecule has 4 heterocycles. The second-order valence-electron chi connectivity index (χ2n) is 11.6. The average molecular weight is 545 g/mol. The standard InChI is InChI=1S/C29H36N8O3/c1-18(38)15-37-11-9-19(13-25(39)26-34-27(40-35-26)29(2,3)4)23-7-6-20(12-21(23)16-37)24-8-10-30-28(33-24)32-22-14-31-36(5)17-22/h6-8,10,12,14,17-19,38H,9,11,13,15-16H2,1-5H3,(H,30,32,33)/t18-,19?/m1/s1. The molecule has 2 N–H and O–H groups in total. The number of hydrogen-bond donors (Lipinski definition) is 2. The van der Waals surface area contributed by atoms with Crippen molar-refractivity contribution in [2.24, 2.45) is 7.05 Å². The molecule has 5 rings (SSSR count). The van der Waals surface area contributed by atoms with Gasteiger partial charge in [0, 0.05) is 49.9 Å². The monoisotopic (exact) mass is 544 g/mol. The summed E-state index contributed by atoms with van der Waals surface area (Å²) < 4.78 is 7.08. The van der Waals surface area contributed by atoms with Crippen LogP contribution in [0.2, 0.25) is 0 Å². The number of aromatic nitrogens is 6. The number of aliphatic hydroxyl groups is 1. The number of β-amino-alcohol motifs (C(OH)–C–C–N with tert-alkyl or cyclic N) is 1. The van der Waals surface area contributed by atoms with Crippen molar-refractivity contribution >= 4 is 17.4 Å². The minimum atomic E-state index is -0.456. The number of Topliss-reactive ketones (excluding diaryl/α,β-unsaturated/α-hetero) is 1. The Bertz CT molecular complexity index is 1490. The van der Waals surface area contributed by atoms with Gasteiger partial charge in [0.15, 0.2) is 0 Å². The summed E-state index contributed by atoms with van der Waals surface area (Å²) in [4.78, 5) is 28.9. The summed E-state index contributed by atoms with van der Waals surface area (Å²) in [6, 6.07) is 8.16.